The number of hydrogen-bond acceptors (Lipinski definition) is 6. The van der Waals surface area contributed by atoms with Crippen molar-refractivity contribution in [3.05, 3.63) is 65.3 Å². The maximum atomic E-state index is 14.0. The van der Waals surface area contributed by atoms with Crippen LogP contribution in [0.5, 0.6) is 0 Å². The summed E-state index contributed by atoms with van der Waals surface area (Å²) in [6, 6.07) is 14.3. The van der Waals surface area contributed by atoms with E-state index in [0.29, 0.717) is 6.54 Å². The van der Waals surface area contributed by atoms with Crippen LogP contribution in [0.3, 0.4) is 0 Å². The Kier molecular flexibility index (Phi) is 7.23. The van der Waals surface area contributed by atoms with Crippen LogP contribution in [0.15, 0.2) is 54.9 Å². The Hall–Kier alpha value is -3.72. The van der Waals surface area contributed by atoms with E-state index in [4.69, 9.17) is 0 Å². The molecule has 4 heterocycles. The molecule has 0 radical (unpaired) electrons. The molecule has 0 saturated carbocycles. The van der Waals surface area contributed by atoms with E-state index in [0.717, 1.165) is 63.5 Å². The van der Waals surface area contributed by atoms with Crippen molar-refractivity contribution in [1.82, 2.24) is 25.0 Å². The summed E-state index contributed by atoms with van der Waals surface area (Å²) in [6.07, 6.45) is 5.57. The first-order valence-electron chi connectivity index (χ1n) is 12.7. The molecule has 0 aliphatic carbocycles. The molecule has 37 heavy (non-hydrogen) atoms. The Morgan fingerprint density at radius 3 is 2.62 bits per heavy atom. The number of piperidine rings is 1. The summed E-state index contributed by atoms with van der Waals surface area (Å²) in [7, 11) is 3.56. The Morgan fingerprint density at radius 1 is 1.14 bits per heavy atom. The van der Waals surface area contributed by atoms with Crippen LogP contribution in [0, 0.1) is 6.92 Å². The molecule has 4 aromatic rings. The van der Waals surface area contributed by atoms with E-state index in [1.54, 1.807) is 13.2 Å². The van der Waals surface area contributed by atoms with Gasteiger partial charge in [-0.1, -0.05) is 12.1 Å². The number of rotatable bonds is 7. The van der Waals surface area contributed by atoms with Crippen molar-refractivity contribution < 1.29 is 9.59 Å². The van der Waals surface area contributed by atoms with Gasteiger partial charge in [0, 0.05) is 68.8 Å². The zero-order valence-electron chi connectivity index (χ0n) is 21.5. The molecule has 1 saturated heterocycles. The number of thiophene rings is 1. The van der Waals surface area contributed by atoms with Crippen LogP contribution < -0.4 is 10.2 Å². The highest BCUT2D eigenvalue weighted by Gasteiger charge is 2.31. The SMILES string of the molecule is CNC(=O)CCN(C(=O)c1sc2ccc(-c3ccnn3C)cc2c1C)C1CCN(c2ccccn2)CC1. The predicted molar refractivity (Wildman–Crippen MR) is 148 cm³/mol. The van der Waals surface area contributed by atoms with Crippen LogP contribution in [0.4, 0.5) is 5.82 Å². The van der Waals surface area contributed by atoms with Gasteiger partial charge in [-0.15, -0.1) is 11.3 Å². The lowest BCUT2D eigenvalue weighted by molar-refractivity contribution is -0.120. The minimum Gasteiger partial charge on any atom is -0.359 e. The first-order chi connectivity index (χ1) is 18.0. The van der Waals surface area contributed by atoms with Gasteiger partial charge in [-0.25, -0.2) is 4.98 Å². The zero-order valence-corrected chi connectivity index (χ0v) is 22.3. The molecule has 9 heteroatoms. The highest BCUT2D eigenvalue weighted by atomic mass is 32.1. The fourth-order valence-electron chi connectivity index (χ4n) is 5.12. The van der Waals surface area contributed by atoms with E-state index in [1.807, 2.05) is 54.0 Å². The third-order valence-corrected chi connectivity index (χ3v) is 8.51. The molecule has 0 bridgehead atoms. The largest absolute Gasteiger partial charge is 0.359 e. The average molecular weight is 517 g/mol. The molecular formula is C28H32N6O2S. The van der Waals surface area contributed by atoms with Gasteiger partial charge in [-0.3, -0.25) is 14.3 Å². The number of nitrogens with one attached hydrogen (secondary N) is 1. The van der Waals surface area contributed by atoms with Gasteiger partial charge in [0.05, 0.1) is 10.6 Å². The standard InChI is InChI=1S/C28H32N6O2S/c1-19-22-18-20(23-9-14-31-32(23)3)7-8-24(22)37-27(19)28(36)34(17-12-26(35)29-2)21-10-15-33(16-11-21)25-6-4-5-13-30-25/h4-9,13-14,18,21H,10-12,15-17H2,1-3H3,(H,29,35). The Labute approximate surface area is 220 Å². The highest BCUT2D eigenvalue weighted by Crippen LogP contribution is 2.35. The summed E-state index contributed by atoms with van der Waals surface area (Å²) in [5, 5.41) is 8.06. The number of pyridine rings is 1. The molecule has 1 aromatic carbocycles. The van der Waals surface area contributed by atoms with Crippen LogP contribution in [-0.2, 0) is 11.8 Å². The van der Waals surface area contributed by atoms with Gasteiger partial charge in [0.1, 0.15) is 5.82 Å². The number of carbonyl (C=O) groups excluding carboxylic acids is 2. The Bertz CT molecular complexity index is 1400. The Morgan fingerprint density at radius 2 is 1.95 bits per heavy atom. The van der Waals surface area contributed by atoms with Crippen molar-refractivity contribution in [3.63, 3.8) is 0 Å². The zero-order chi connectivity index (χ0) is 25.9. The monoisotopic (exact) mass is 516 g/mol. The lowest BCUT2D eigenvalue weighted by atomic mass is 10.0. The van der Waals surface area contributed by atoms with E-state index in [2.05, 4.69) is 38.5 Å². The fourth-order valence-corrected chi connectivity index (χ4v) is 6.26. The number of nitrogens with zero attached hydrogens (tertiary/aromatic N) is 5. The molecular weight excluding hydrogens is 484 g/mol. The van der Waals surface area contributed by atoms with E-state index < -0.39 is 0 Å². The molecule has 192 valence electrons. The van der Waals surface area contributed by atoms with E-state index >= 15 is 0 Å². The van der Waals surface area contributed by atoms with Crippen molar-refractivity contribution in [3.8, 4) is 11.3 Å². The summed E-state index contributed by atoms with van der Waals surface area (Å²) in [5.74, 6) is 0.923. The highest BCUT2D eigenvalue weighted by molar-refractivity contribution is 7.21. The van der Waals surface area contributed by atoms with Crippen molar-refractivity contribution in [2.75, 3.05) is 31.6 Å². The maximum absolute atomic E-state index is 14.0. The fraction of sp³-hybridized carbons (Fsp3) is 0.357. The lowest BCUT2D eigenvalue weighted by Crippen LogP contribution is -2.48. The number of anilines is 1. The van der Waals surface area contributed by atoms with Gasteiger partial charge >= 0.3 is 0 Å². The third-order valence-electron chi connectivity index (χ3n) is 7.25. The van der Waals surface area contributed by atoms with Crippen LogP contribution in [0.2, 0.25) is 0 Å². The third kappa shape index (κ3) is 5.09. The van der Waals surface area contributed by atoms with Crippen LogP contribution in [0.25, 0.3) is 21.3 Å². The number of aromatic nitrogens is 3. The van der Waals surface area contributed by atoms with Crippen LogP contribution >= 0.6 is 11.3 Å². The van der Waals surface area contributed by atoms with Gasteiger partial charge in [0.25, 0.3) is 5.91 Å². The van der Waals surface area contributed by atoms with E-state index in [9.17, 15) is 9.59 Å². The molecule has 2 amide bonds. The molecule has 0 atom stereocenters. The average Bonchev–Trinajstić information content (AvgIpc) is 3.51. The minimum absolute atomic E-state index is 0.0148. The van der Waals surface area contributed by atoms with Gasteiger partial charge in [0.15, 0.2) is 0 Å². The summed E-state index contributed by atoms with van der Waals surface area (Å²) in [5.41, 5.74) is 3.10. The van der Waals surface area contributed by atoms with Gasteiger partial charge in [-0.2, -0.15) is 5.10 Å². The topological polar surface area (TPSA) is 83.4 Å². The van der Waals surface area contributed by atoms with E-state index in [1.165, 1.54) is 11.3 Å². The normalized spacial score (nSPS) is 14.2. The molecule has 1 fully saturated rings. The van der Waals surface area contributed by atoms with Crippen LogP contribution in [-0.4, -0.2) is 64.2 Å². The van der Waals surface area contributed by atoms with Crippen LogP contribution in [0.1, 0.15) is 34.5 Å². The van der Waals surface area contributed by atoms with Crippen molar-refractivity contribution in [1.29, 1.82) is 0 Å². The number of hydrogen-bond donors (Lipinski definition) is 1. The molecule has 1 aliphatic rings. The molecule has 5 rings (SSSR count). The molecule has 0 unspecified atom stereocenters. The minimum atomic E-state index is -0.0578. The number of fused-ring (bicyclic) bond motifs is 1. The lowest BCUT2D eigenvalue weighted by Gasteiger charge is -2.39. The number of carbonyl (C=O) groups is 2. The summed E-state index contributed by atoms with van der Waals surface area (Å²) >= 11 is 1.54. The summed E-state index contributed by atoms with van der Waals surface area (Å²) < 4.78 is 2.94. The van der Waals surface area contributed by atoms with Crippen molar-refractivity contribution >= 4 is 39.1 Å². The predicted octanol–water partition coefficient (Wildman–Crippen LogP) is 4.25. The number of benzene rings is 1. The van der Waals surface area contributed by atoms with Gasteiger partial charge in [0.2, 0.25) is 5.91 Å². The molecule has 1 N–H and O–H groups in total. The molecule has 8 nitrogen and oxygen atoms in total. The molecule has 3 aromatic heterocycles. The first kappa shape index (κ1) is 25.0. The Balaban J connectivity index is 1.41. The number of aryl methyl sites for hydroxylation is 2. The second-order valence-corrected chi connectivity index (χ2v) is 10.5. The maximum Gasteiger partial charge on any atom is 0.264 e. The second kappa shape index (κ2) is 10.7. The van der Waals surface area contributed by atoms with Gasteiger partial charge < -0.3 is 15.1 Å². The van der Waals surface area contributed by atoms with Crippen molar-refractivity contribution in [2.45, 2.75) is 32.2 Å². The summed E-state index contributed by atoms with van der Waals surface area (Å²) in [4.78, 5) is 35.6. The van der Waals surface area contributed by atoms with E-state index in [-0.39, 0.29) is 24.3 Å². The quantitative estimate of drug-likeness (QED) is 0.397. The van der Waals surface area contributed by atoms with Crippen molar-refractivity contribution in [2.24, 2.45) is 7.05 Å². The first-order valence-corrected chi connectivity index (χ1v) is 13.5. The number of amides is 2. The summed E-state index contributed by atoms with van der Waals surface area (Å²) in [6.45, 7) is 4.08. The van der Waals surface area contributed by atoms with Gasteiger partial charge in [-0.05, 0) is 61.0 Å². The smallest absolute Gasteiger partial charge is 0.264 e. The molecule has 1 aliphatic heterocycles. The second-order valence-electron chi connectivity index (χ2n) is 9.44. The molecule has 0 spiro atoms.